The van der Waals surface area contributed by atoms with Crippen molar-refractivity contribution < 1.29 is 67.4 Å². The van der Waals surface area contributed by atoms with E-state index in [1.807, 2.05) is 20.8 Å². The number of hydrogen-bond acceptors (Lipinski definition) is 16. The first-order chi connectivity index (χ1) is 51.1. The average molecular weight is 1540 g/mol. The number of anilines is 3. The number of aliphatic hydroxyl groups is 1. The molecule has 9 aliphatic carbocycles. The summed E-state index contributed by atoms with van der Waals surface area (Å²) in [5.74, 6) is 0.791. The van der Waals surface area contributed by atoms with E-state index in [0.717, 1.165) is 225 Å². The number of nitrogens with zero attached hydrogens (tertiary/aromatic N) is 3. The zero-order valence-corrected chi connectivity index (χ0v) is 69.5. The third-order valence-corrected chi connectivity index (χ3v) is 29.0. The van der Waals surface area contributed by atoms with E-state index in [-0.39, 0.29) is 96.1 Å². The van der Waals surface area contributed by atoms with Crippen molar-refractivity contribution >= 4 is 103 Å². The van der Waals surface area contributed by atoms with Gasteiger partial charge >= 0.3 is 17.9 Å². The maximum Gasteiger partial charge on any atom is 0.350 e. The summed E-state index contributed by atoms with van der Waals surface area (Å²) in [4.78, 5) is 91.1. The van der Waals surface area contributed by atoms with Crippen LogP contribution >= 0.6 is 34.0 Å². The molecule has 17 nitrogen and oxygen atoms in total. The highest BCUT2D eigenvalue weighted by Gasteiger charge is 2.43. The molecule has 9 aliphatic rings. The highest BCUT2D eigenvalue weighted by Crippen LogP contribution is 2.50. The van der Waals surface area contributed by atoms with Crippen molar-refractivity contribution in [1.82, 2.24) is 0 Å². The van der Waals surface area contributed by atoms with E-state index in [1.54, 1.807) is 14.2 Å². The van der Waals surface area contributed by atoms with Gasteiger partial charge in [-0.1, -0.05) is 80.5 Å². The molecule has 0 spiro atoms. The summed E-state index contributed by atoms with van der Waals surface area (Å²) >= 11 is 4.30. The number of esters is 2. The zero-order valence-electron chi connectivity index (χ0n) is 67.0. The molecule has 0 aliphatic heterocycles. The molecule has 2 N–H and O–H groups in total. The van der Waals surface area contributed by atoms with Gasteiger partial charge in [0.25, 0.3) is 0 Å². The highest BCUT2D eigenvalue weighted by molar-refractivity contribution is 7.16. The Morgan fingerprint density at radius 1 is 0.411 bits per heavy atom. The van der Waals surface area contributed by atoms with Gasteiger partial charge in [0.05, 0.1) is 49.6 Å². The molecule has 12 rings (SSSR count). The molecule has 3 aromatic heterocycles. The zero-order chi connectivity index (χ0) is 76.9. The van der Waals surface area contributed by atoms with Gasteiger partial charge in [-0.2, -0.15) is 0 Å². The van der Waals surface area contributed by atoms with E-state index in [2.05, 4.69) is 92.7 Å². The van der Waals surface area contributed by atoms with E-state index in [1.165, 1.54) is 64.9 Å². The molecule has 0 atom stereocenters. The second-order valence-corrected chi connectivity index (χ2v) is 38.7. The van der Waals surface area contributed by atoms with Crippen LogP contribution in [0.1, 0.15) is 318 Å². The van der Waals surface area contributed by atoms with Crippen molar-refractivity contribution in [3.63, 3.8) is 0 Å². The number of carbonyl (C=O) groups excluding carboxylic acids is 5. The number of ether oxygens (including phenoxy) is 6. The number of thiophene rings is 3. The number of carboxylic acid groups (broad SMARTS) is 1. The third-order valence-electron chi connectivity index (χ3n) is 25.4. The monoisotopic (exact) mass is 1540 g/mol. The molecule has 0 radical (unpaired) electrons. The lowest BCUT2D eigenvalue weighted by Gasteiger charge is -2.39. The Balaban J connectivity index is 0.000000172. The van der Waals surface area contributed by atoms with E-state index < -0.39 is 5.97 Å². The molecule has 0 unspecified atom stereocenters. The molecule has 0 aromatic carbocycles. The number of rotatable bonds is 21. The first-order valence-corrected chi connectivity index (χ1v) is 43.3. The van der Waals surface area contributed by atoms with Crippen LogP contribution in [0.15, 0.2) is 36.4 Å². The van der Waals surface area contributed by atoms with Crippen LogP contribution in [-0.2, 0) is 42.8 Å². The molecule has 107 heavy (non-hydrogen) atoms. The fourth-order valence-electron chi connectivity index (χ4n) is 17.9. The number of methoxy groups -OCH3 is 4. The lowest BCUT2D eigenvalue weighted by atomic mass is 9.78. The summed E-state index contributed by atoms with van der Waals surface area (Å²) in [6.07, 6.45) is 37.8. The summed E-state index contributed by atoms with van der Waals surface area (Å²) in [7, 11) is 6.12. The number of carbonyl (C=O) groups is 6. The van der Waals surface area contributed by atoms with Crippen LogP contribution in [0.3, 0.4) is 0 Å². The number of aliphatic hydroxyl groups excluding tert-OH is 1. The standard InChI is InChI=1S/C30H45NO5S.C29H43NO5S.C28H41NO4S/c1-20-6-8-22(9-7-20)28(32)31(23-10-12-24(13-11-23)36-19-34-4)25-18-26(37-27(25)29(33)35-5)21-14-16-30(2,3)17-15-21;1-19-5-7-21(8-6-19)27(31)30(22-9-11-23(12-10-22)35-18-34-4)24-17-25(36-26(24)28(32)33)20-13-15-29(2,3)16-14-20;1-18-5-7-20(8-6-18)26(31)29(21-9-11-22(30)12-10-21)23-17-24(34-25(23)27(32)33-4)19-13-15-28(2,3)16-14-19/h14,18,20,22-24H,6-13,15-17,19H2,1-5H3;13,17,19,21-23H,5-12,14-16,18H2,1-4H3,(H,32,33);13,17-18,20-22,30H,5-12,14-16H2,1-4H3. The van der Waals surface area contributed by atoms with E-state index in [4.69, 9.17) is 28.4 Å². The first-order valence-electron chi connectivity index (χ1n) is 40.9. The van der Waals surface area contributed by atoms with Gasteiger partial charge in [-0.15, -0.1) is 34.0 Å². The second-order valence-electron chi connectivity index (χ2n) is 35.5. The minimum atomic E-state index is -0.940. The normalized spacial score (nSPS) is 28.5. The molecule has 20 heteroatoms. The van der Waals surface area contributed by atoms with Gasteiger partial charge in [0.2, 0.25) is 17.7 Å². The quantitative estimate of drug-likeness (QED) is 0.0751. The maximum atomic E-state index is 14.2. The van der Waals surface area contributed by atoms with Crippen LogP contribution in [0.4, 0.5) is 17.1 Å². The van der Waals surface area contributed by atoms with Gasteiger partial charge < -0.3 is 53.3 Å². The summed E-state index contributed by atoms with van der Waals surface area (Å²) in [5, 5.41) is 20.3. The molecular weight excluding hydrogens is 1410 g/mol. The van der Waals surface area contributed by atoms with Gasteiger partial charge in [0.15, 0.2) is 0 Å². The summed E-state index contributed by atoms with van der Waals surface area (Å²) in [6, 6.07) is 6.27. The topological polar surface area (TPSA) is 208 Å². The summed E-state index contributed by atoms with van der Waals surface area (Å²) in [6.45, 7) is 21.1. The van der Waals surface area contributed by atoms with Crippen molar-refractivity contribution in [2.45, 2.75) is 311 Å². The Kier molecular flexibility index (Phi) is 30.3. The number of carboxylic acids is 1. The van der Waals surface area contributed by atoms with Gasteiger partial charge in [-0.25, -0.2) is 14.4 Å². The second kappa shape index (κ2) is 38.4. The van der Waals surface area contributed by atoms with Gasteiger partial charge in [-0.05, 0) is 281 Å². The number of hydrogen-bond donors (Lipinski definition) is 2. The Labute approximate surface area is 651 Å². The van der Waals surface area contributed by atoms with Crippen molar-refractivity contribution in [3.8, 4) is 0 Å². The largest absolute Gasteiger partial charge is 0.477 e. The minimum Gasteiger partial charge on any atom is -0.477 e. The molecule has 3 amide bonds. The highest BCUT2D eigenvalue weighted by atomic mass is 32.1. The molecule has 0 saturated heterocycles. The predicted molar refractivity (Wildman–Crippen MR) is 432 cm³/mol. The lowest BCUT2D eigenvalue weighted by Crippen LogP contribution is -2.47. The van der Waals surface area contributed by atoms with Crippen LogP contribution in [0.5, 0.6) is 0 Å². The van der Waals surface area contributed by atoms with Gasteiger partial charge in [0.1, 0.15) is 28.2 Å². The van der Waals surface area contributed by atoms with Crippen LogP contribution in [0.25, 0.3) is 16.7 Å². The van der Waals surface area contributed by atoms with Crippen LogP contribution in [0.2, 0.25) is 0 Å². The fraction of sp³-hybridized carbons (Fsp3) is 0.724. The molecule has 3 heterocycles. The van der Waals surface area contributed by atoms with Crippen LogP contribution < -0.4 is 14.7 Å². The Morgan fingerprint density at radius 3 is 0.953 bits per heavy atom. The molecular formula is C87H129N3O14S3. The maximum absolute atomic E-state index is 14.2. The van der Waals surface area contributed by atoms with E-state index in [0.29, 0.717) is 68.5 Å². The van der Waals surface area contributed by atoms with Gasteiger partial charge in [-0.3, -0.25) is 14.4 Å². The first kappa shape index (κ1) is 84.4. The van der Waals surface area contributed by atoms with Gasteiger partial charge in [0, 0.05) is 64.7 Å². The van der Waals surface area contributed by atoms with Crippen LogP contribution in [-0.4, -0.2) is 124 Å². The number of aromatic carboxylic acids is 1. The third kappa shape index (κ3) is 22.2. The molecule has 6 fully saturated rings. The van der Waals surface area contributed by atoms with Crippen molar-refractivity contribution in [3.05, 3.63) is 65.7 Å². The van der Waals surface area contributed by atoms with E-state index >= 15 is 0 Å². The smallest absolute Gasteiger partial charge is 0.350 e. The SMILES string of the molecule is COC(=O)c1sc(C2=CCC(C)(C)CC2)cc1N(C(=O)C1CCC(C)CC1)C1CCC(O)CC1.COCOC1CCC(N(C(=O)C2CCC(C)CC2)c2cc(C3=CCC(C)(C)CC3)sc2C(=O)O)CC1.COCOC1CCC(N(C(=O)C2CCC(C)CC2)c2cc(C3=CCC(C)(C)CC3)sc2C(=O)OC)CC1. The lowest BCUT2D eigenvalue weighted by molar-refractivity contribution is -0.125. The summed E-state index contributed by atoms with van der Waals surface area (Å²) in [5.41, 5.74) is 6.76. The molecule has 3 aromatic rings. The Morgan fingerprint density at radius 2 is 0.692 bits per heavy atom. The number of allylic oxidation sites excluding steroid dienone is 6. The molecule has 6 saturated carbocycles. The Bertz CT molecular complexity index is 3560. The number of amides is 3. The average Bonchev–Trinajstić information content (AvgIpc) is 1.66. The predicted octanol–water partition coefficient (Wildman–Crippen LogP) is 20.9. The fourth-order valence-corrected chi connectivity index (χ4v) is 21.2. The summed E-state index contributed by atoms with van der Waals surface area (Å²) < 4.78 is 32.2. The van der Waals surface area contributed by atoms with E-state index in [9.17, 15) is 39.0 Å². The van der Waals surface area contributed by atoms with Crippen molar-refractivity contribution in [2.75, 3.05) is 56.7 Å². The van der Waals surface area contributed by atoms with Crippen molar-refractivity contribution in [2.24, 2.45) is 51.8 Å². The molecule has 594 valence electrons. The Hall–Kier alpha value is -5.06. The van der Waals surface area contributed by atoms with Crippen molar-refractivity contribution in [1.29, 1.82) is 0 Å². The molecule has 0 bridgehead atoms. The minimum absolute atomic E-state index is 0.000867. The van der Waals surface area contributed by atoms with Crippen LogP contribution in [0, 0.1) is 51.8 Å².